The van der Waals surface area contributed by atoms with Crippen LogP contribution in [0.1, 0.15) is 31.4 Å². The smallest absolute Gasteiger partial charge is 0.310 e. The topological polar surface area (TPSA) is 12.0 Å². The molecule has 1 unspecified atom stereocenters. The van der Waals surface area contributed by atoms with Crippen molar-refractivity contribution < 1.29 is 13.2 Å². The van der Waals surface area contributed by atoms with E-state index in [-0.39, 0.29) is 6.04 Å². The first-order chi connectivity index (χ1) is 8.84. The van der Waals surface area contributed by atoms with E-state index in [0.717, 1.165) is 36.2 Å². The van der Waals surface area contributed by atoms with Crippen LogP contribution in [-0.2, 0) is 12.6 Å². The molecular weight excluding hydrogens is 251 g/mol. The van der Waals surface area contributed by atoms with Gasteiger partial charge in [0.1, 0.15) is 0 Å². The quantitative estimate of drug-likeness (QED) is 0.765. The second-order valence-electron chi connectivity index (χ2n) is 4.75. The zero-order valence-corrected chi connectivity index (χ0v) is 11.3. The number of alkyl halides is 3. The van der Waals surface area contributed by atoms with Crippen molar-refractivity contribution in [1.82, 2.24) is 5.32 Å². The molecule has 0 radical (unpaired) electrons. The molecule has 0 aliphatic rings. The van der Waals surface area contributed by atoms with Gasteiger partial charge < -0.3 is 5.32 Å². The van der Waals surface area contributed by atoms with E-state index < -0.39 is 11.7 Å². The maximum atomic E-state index is 12.5. The third kappa shape index (κ3) is 5.07. The summed E-state index contributed by atoms with van der Waals surface area (Å²) in [5.41, 5.74) is 1.27. The van der Waals surface area contributed by atoms with Crippen LogP contribution in [0.15, 0.2) is 36.4 Å². The molecule has 0 aliphatic heterocycles. The van der Waals surface area contributed by atoms with Gasteiger partial charge in [-0.15, -0.1) is 0 Å². The third-order valence-corrected chi connectivity index (χ3v) is 2.96. The Balaban J connectivity index is 2.72. The predicted molar refractivity (Wildman–Crippen MR) is 72.0 cm³/mol. The van der Waals surface area contributed by atoms with E-state index in [9.17, 15) is 13.2 Å². The first-order valence-electron chi connectivity index (χ1n) is 6.39. The van der Waals surface area contributed by atoms with Crippen LogP contribution < -0.4 is 5.32 Å². The number of nitrogens with one attached hydrogen (secondary N) is 1. The minimum Gasteiger partial charge on any atom is -0.310 e. The minimum atomic E-state index is -4.27. The van der Waals surface area contributed by atoms with Gasteiger partial charge in [0.05, 0.1) is 5.56 Å². The van der Waals surface area contributed by atoms with Crippen molar-refractivity contribution in [2.45, 2.75) is 38.9 Å². The SMILES string of the molecule is C=C(C)C(Cc1ccc(C(F)(F)F)cc1)NCCC. The molecule has 0 bridgehead atoms. The molecule has 0 aromatic heterocycles. The van der Waals surface area contributed by atoms with Crippen LogP contribution in [0.25, 0.3) is 0 Å². The number of halogens is 3. The van der Waals surface area contributed by atoms with Gasteiger partial charge in [0.2, 0.25) is 0 Å². The fraction of sp³-hybridized carbons (Fsp3) is 0.467. The van der Waals surface area contributed by atoms with E-state index in [2.05, 4.69) is 18.8 Å². The molecule has 4 heteroatoms. The summed E-state index contributed by atoms with van der Waals surface area (Å²) in [6, 6.07) is 5.44. The lowest BCUT2D eigenvalue weighted by atomic mass is 9.99. The highest BCUT2D eigenvalue weighted by Gasteiger charge is 2.29. The average Bonchev–Trinajstić information content (AvgIpc) is 2.33. The van der Waals surface area contributed by atoms with Gasteiger partial charge in [-0.05, 0) is 44.0 Å². The fourth-order valence-corrected chi connectivity index (χ4v) is 1.80. The summed E-state index contributed by atoms with van der Waals surface area (Å²) in [6.07, 6.45) is -2.60. The lowest BCUT2D eigenvalue weighted by Crippen LogP contribution is -2.32. The lowest BCUT2D eigenvalue weighted by molar-refractivity contribution is -0.137. The maximum Gasteiger partial charge on any atom is 0.416 e. The molecule has 1 aromatic carbocycles. The number of hydrogen-bond donors (Lipinski definition) is 1. The Bertz CT molecular complexity index is 406. The molecule has 0 amide bonds. The van der Waals surface area contributed by atoms with Crippen LogP contribution >= 0.6 is 0 Å². The lowest BCUT2D eigenvalue weighted by Gasteiger charge is -2.19. The molecule has 0 saturated heterocycles. The van der Waals surface area contributed by atoms with Gasteiger partial charge in [0, 0.05) is 6.04 Å². The summed E-state index contributed by atoms with van der Waals surface area (Å²) in [5.74, 6) is 0. The van der Waals surface area contributed by atoms with E-state index in [1.54, 1.807) is 0 Å². The van der Waals surface area contributed by atoms with Crippen molar-refractivity contribution in [2.75, 3.05) is 6.54 Å². The van der Waals surface area contributed by atoms with E-state index in [1.807, 2.05) is 6.92 Å². The Hall–Kier alpha value is -1.29. The van der Waals surface area contributed by atoms with Gasteiger partial charge in [-0.1, -0.05) is 31.2 Å². The highest BCUT2D eigenvalue weighted by atomic mass is 19.4. The number of rotatable bonds is 6. The summed E-state index contributed by atoms with van der Waals surface area (Å²) in [7, 11) is 0. The van der Waals surface area contributed by atoms with Crippen molar-refractivity contribution in [3.63, 3.8) is 0 Å². The molecule has 1 rings (SSSR count). The fourth-order valence-electron chi connectivity index (χ4n) is 1.80. The van der Waals surface area contributed by atoms with Gasteiger partial charge >= 0.3 is 6.18 Å². The largest absolute Gasteiger partial charge is 0.416 e. The molecule has 1 atom stereocenters. The molecule has 106 valence electrons. The molecule has 0 aliphatic carbocycles. The van der Waals surface area contributed by atoms with Crippen LogP contribution in [0.4, 0.5) is 13.2 Å². The highest BCUT2D eigenvalue weighted by molar-refractivity contribution is 5.26. The molecule has 1 aromatic rings. The maximum absolute atomic E-state index is 12.5. The zero-order chi connectivity index (χ0) is 14.5. The van der Waals surface area contributed by atoms with E-state index in [4.69, 9.17) is 0 Å². The Kier molecular flexibility index (Phi) is 5.60. The van der Waals surface area contributed by atoms with Crippen LogP contribution in [0.5, 0.6) is 0 Å². The van der Waals surface area contributed by atoms with Gasteiger partial charge in [0.25, 0.3) is 0 Å². The highest BCUT2D eigenvalue weighted by Crippen LogP contribution is 2.29. The van der Waals surface area contributed by atoms with Crippen molar-refractivity contribution in [3.8, 4) is 0 Å². The monoisotopic (exact) mass is 271 g/mol. The Labute approximate surface area is 112 Å². The molecule has 0 heterocycles. The second-order valence-corrected chi connectivity index (χ2v) is 4.75. The minimum absolute atomic E-state index is 0.108. The normalized spacial score (nSPS) is 13.3. The molecule has 0 spiro atoms. The molecule has 19 heavy (non-hydrogen) atoms. The van der Waals surface area contributed by atoms with Crippen LogP contribution in [0.3, 0.4) is 0 Å². The summed E-state index contributed by atoms with van der Waals surface area (Å²) < 4.78 is 37.4. The van der Waals surface area contributed by atoms with E-state index >= 15 is 0 Å². The molecule has 1 nitrogen and oxygen atoms in total. The first-order valence-corrected chi connectivity index (χ1v) is 6.39. The van der Waals surface area contributed by atoms with Crippen LogP contribution in [0.2, 0.25) is 0 Å². The number of hydrogen-bond acceptors (Lipinski definition) is 1. The van der Waals surface area contributed by atoms with Crippen LogP contribution in [-0.4, -0.2) is 12.6 Å². The van der Waals surface area contributed by atoms with E-state index in [0.29, 0.717) is 6.42 Å². The van der Waals surface area contributed by atoms with E-state index in [1.165, 1.54) is 12.1 Å². The Morgan fingerprint density at radius 2 is 1.84 bits per heavy atom. The van der Waals surface area contributed by atoms with Gasteiger partial charge in [-0.2, -0.15) is 13.2 Å². The standard InChI is InChI=1S/C15H20F3N/c1-4-9-19-14(11(2)3)10-12-5-7-13(8-6-12)15(16,17)18/h5-8,14,19H,2,4,9-10H2,1,3H3. The van der Waals surface area contributed by atoms with Crippen molar-refractivity contribution >= 4 is 0 Å². The summed E-state index contributed by atoms with van der Waals surface area (Å²) in [4.78, 5) is 0. The third-order valence-electron chi connectivity index (χ3n) is 2.96. The van der Waals surface area contributed by atoms with Crippen molar-refractivity contribution in [1.29, 1.82) is 0 Å². The average molecular weight is 271 g/mol. The Morgan fingerprint density at radius 1 is 1.26 bits per heavy atom. The van der Waals surface area contributed by atoms with Crippen molar-refractivity contribution in [3.05, 3.63) is 47.5 Å². The predicted octanol–water partition coefficient (Wildman–Crippen LogP) is 4.19. The zero-order valence-electron chi connectivity index (χ0n) is 11.3. The van der Waals surface area contributed by atoms with Gasteiger partial charge in [-0.25, -0.2) is 0 Å². The first kappa shape index (κ1) is 15.8. The summed E-state index contributed by atoms with van der Waals surface area (Å²) in [6.45, 7) is 8.79. The number of benzene rings is 1. The van der Waals surface area contributed by atoms with Gasteiger partial charge in [0.15, 0.2) is 0 Å². The molecular formula is C15H20F3N. The molecule has 0 fully saturated rings. The second kappa shape index (κ2) is 6.75. The van der Waals surface area contributed by atoms with Gasteiger partial charge in [-0.3, -0.25) is 0 Å². The molecule has 1 N–H and O–H groups in total. The summed E-state index contributed by atoms with van der Waals surface area (Å²) in [5, 5.41) is 3.34. The Morgan fingerprint density at radius 3 is 2.26 bits per heavy atom. The van der Waals surface area contributed by atoms with Crippen LogP contribution in [0, 0.1) is 0 Å². The summed E-state index contributed by atoms with van der Waals surface area (Å²) >= 11 is 0. The van der Waals surface area contributed by atoms with Crippen molar-refractivity contribution in [2.24, 2.45) is 0 Å². The molecule has 0 saturated carbocycles.